The van der Waals surface area contributed by atoms with Gasteiger partial charge in [-0.3, -0.25) is 4.79 Å². The van der Waals surface area contributed by atoms with Crippen LogP contribution in [0.3, 0.4) is 0 Å². The van der Waals surface area contributed by atoms with E-state index in [1.54, 1.807) is 39.8 Å². The van der Waals surface area contributed by atoms with Crippen LogP contribution in [0.4, 0.5) is 15.8 Å². The molecule has 0 atom stereocenters. The summed E-state index contributed by atoms with van der Waals surface area (Å²) in [6.07, 6.45) is 0. The molecule has 0 aliphatic carbocycles. The van der Waals surface area contributed by atoms with Gasteiger partial charge in [0.05, 0.1) is 0 Å². The van der Waals surface area contributed by atoms with Crippen LogP contribution in [0.1, 0.15) is 36.7 Å². The van der Waals surface area contributed by atoms with E-state index >= 15 is 0 Å². The first-order chi connectivity index (χ1) is 11.9. The van der Waals surface area contributed by atoms with Gasteiger partial charge in [0.25, 0.3) is 5.91 Å². The Morgan fingerprint density at radius 1 is 1.11 bits per heavy atom. The molecule has 0 fully saturated rings. The number of halogens is 2. The number of carbonyl (C=O) groups excluding carboxylic acids is 1. The molecule has 1 amide bonds. The minimum atomic E-state index is -4.08. The van der Waals surface area contributed by atoms with Gasteiger partial charge in [0, 0.05) is 22.5 Å². The number of hydrogen-bond donors (Lipinski definition) is 3. The number of nitrogens with one attached hydrogen (secondary N) is 2. The van der Waals surface area contributed by atoms with E-state index in [0.29, 0.717) is 16.8 Å². The highest BCUT2D eigenvalue weighted by Gasteiger charge is 2.25. The summed E-state index contributed by atoms with van der Waals surface area (Å²) in [6.45, 7) is 6.70. The number of hydrogen-bond acceptors (Lipinski definition) is 4. The van der Waals surface area contributed by atoms with Crippen molar-refractivity contribution in [3.8, 4) is 0 Å². The zero-order valence-corrected chi connectivity index (χ0v) is 17.1. The topological polar surface area (TPSA) is 101 Å². The van der Waals surface area contributed by atoms with Crippen LogP contribution in [-0.4, -0.2) is 19.9 Å². The molecule has 0 spiro atoms. The van der Waals surface area contributed by atoms with Crippen LogP contribution in [0.15, 0.2) is 41.3 Å². The third kappa shape index (κ3) is 5.92. The van der Waals surface area contributed by atoms with Crippen molar-refractivity contribution in [2.45, 2.75) is 38.1 Å². The number of rotatable bonds is 4. The molecule has 9 heteroatoms. The fourth-order valence-corrected chi connectivity index (χ4v) is 3.85. The van der Waals surface area contributed by atoms with Crippen molar-refractivity contribution in [3.05, 3.63) is 53.3 Å². The van der Waals surface area contributed by atoms with Gasteiger partial charge in [0.1, 0.15) is 10.7 Å². The minimum Gasteiger partial charge on any atom is -0.399 e. The van der Waals surface area contributed by atoms with Gasteiger partial charge in [0.2, 0.25) is 10.0 Å². The molecule has 0 saturated carbocycles. The largest absolute Gasteiger partial charge is 0.399 e. The Morgan fingerprint density at radius 2 is 1.74 bits per heavy atom. The number of amides is 1. The van der Waals surface area contributed by atoms with Gasteiger partial charge >= 0.3 is 0 Å². The summed E-state index contributed by atoms with van der Waals surface area (Å²) >= 11 is 0. The molecule has 148 valence electrons. The van der Waals surface area contributed by atoms with Crippen molar-refractivity contribution in [3.63, 3.8) is 0 Å². The predicted molar refractivity (Wildman–Crippen MR) is 107 cm³/mol. The molecule has 0 saturated heterocycles. The second-order valence-electron chi connectivity index (χ2n) is 7.03. The van der Waals surface area contributed by atoms with E-state index in [4.69, 9.17) is 5.73 Å². The van der Waals surface area contributed by atoms with Crippen LogP contribution >= 0.6 is 12.4 Å². The molecule has 27 heavy (non-hydrogen) atoms. The number of sulfonamides is 1. The number of aryl methyl sites for hydroxylation is 1. The highest BCUT2D eigenvalue weighted by molar-refractivity contribution is 7.89. The predicted octanol–water partition coefficient (Wildman–Crippen LogP) is 3.47. The lowest BCUT2D eigenvalue weighted by Gasteiger charge is -2.21. The van der Waals surface area contributed by atoms with Crippen molar-refractivity contribution in [2.75, 3.05) is 11.1 Å². The van der Waals surface area contributed by atoms with Crippen molar-refractivity contribution in [2.24, 2.45) is 0 Å². The Bertz CT molecular complexity index is 957. The molecule has 2 aromatic rings. The van der Waals surface area contributed by atoms with Gasteiger partial charge in [0.15, 0.2) is 0 Å². The van der Waals surface area contributed by atoms with E-state index in [-0.39, 0.29) is 18.1 Å². The lowest BCUT2D eigenvalue weighted by Crippen LogP contribution is -2.40. The summed E-state index contributed by atoms with van der Waals surface area (Å²) in [5.41, 5.74) is 6.58. The van der Waals surface area contributed by atoms with E-state index < -0.39 is 32.2 Å². The molecule has 0 heterocycles. The molecule has 6 nitrogen and oxygen atoms in total. The van der Waals surface area contributed by atoms with Crippen LogP contribution in [-0.2, 0) is 10.0 Å². The monoisotopic (exact) mass is 415 g/mol. The highest BCUT2D eigenvalue weighted by Crippen LogP contribution is 2.22. The van der Waals surface area contributed by atoms with Gasteiger partial charge in [-0.05, 0) is 63.6 Å². The van der Waals surface area contributed by atoms with Gasteiger partial charge in [-0.2, -0.15) is 0 Å². The first-order valence-corrected chi connectivity index (χ1v) is 9.38. The quantitative estimate of drug-likeness (QED) is 0.665. The first-order valence-electron chi connectivity index (χ1n) is 7.90. The third-order valence-electron chi connectivity index (χ3n) is 3.43. The number of nitrogen functional groups attached to an aromatic ring is 1. The van der Waals surface area contributed by atoms with E-state index in [9.17, 15) is 17.6 Å². The van der Waals surface area contributed by atoms with Crippen LogP contribution in [0, 0.1) is 12.7 Å². The molecular weight excluding hydrogens is 393 g/mol. The Labute approximate surface area is 164 Å². The Hall–Kier alpha value is -2.16. The summed E-state index contributed by atoms with van der Waals surface area (Å²) in [4.78, 5) is 11.9. The molecule has 0 aromatic heterocycles. The molecule has 0 aliphatic heterocycles. The van der Waals surface area contributed by atoms with E-state index in [1.807, 2.05) is 0 Å². The lowest BCUT2D eigenvalue weighted by atomic mass is 10.1. The summed E-state index contributed by atoms with van der Waals surface area (Å²) < 4.78 is 41.2. The summed E-state index contributed by atoms with van der Waals surface area (Å²) in [7, 11) is -4.08. The van der Waals surface area contributed by atoms with Crippen LogP contribution in [0.2, 0.25) is 0 Å². The van der Waals surface area contributed by atoms with Crippen LogP contribution < -0.4 is 15.8 Å². The summed E-state index contributed by atoms with van der Waals surface area (Å²) in [5, 5.41) is 2.58. The van der Waals surface area contributed by atoms with E-state index in [2.05, 4.69) is 10.0 Å². The second-order valence-corrected chi connectivity index (χ2v) is 8.68. The van der Waals surface area contributed by atoms with Crippen molar-refractivity contribution in [1.82, 2.24) is 4.72 Å². The lowest BCUT2D eigenvalue weighted by molar-refractivity contribution is 0.102. The fourth-order valence-electron chi connectivity index (χ4n) is 2.33. The molecule has 2 rings (SSSR count). The maximum atomic E-state index is 14.1. The van der Waals surface area contributed by atoms with Crippen molar-refractivity contribution < 1.29 is 17.6 Å². The maximum absolute atomic E-state index is 14.1. The second kappa shape index (κ2) is 8.24. The van der Waals surface area contributed by atoms with Gasteiger partial charge in [-0.1, -0.05) is 6.07 Å². The van der Waals surface area contributed by atoms with Gasteiger partial charge < -0.3 is 11.1 Å². The molecular formula is C18H23ClFN3O3S. The van der Waals surface area contributed by atoms with Crippen LogP contribution in [0.25, 0.3) is 0 Å². The Balaban J connectivity index is 0.00000364. The normalized spacial score (nSPS) is 11.6. The number of anilines is 2. The summed E-state index contributed by atoms with van der Waals surface area (Å²) in [6, 6.07) is 8.28. The Kier molecular flexibility index (Phi) is 6.99. The highest BCUT2D eigenvalue weighted by atomic mass is 35.5. The molecule has 2 aromatic carbocycles. The van der Waals surface area contributed by atoms with Gasteiger partial charge in [-0.15, -0.1) is 12.4 Å². The maximum Gasteiger partial charge on any atom is 0.256 e. The third-order valence-corrected chi connectivity index (χ3v) is 5.20. The van der Waals surface area contributed by atoms with E-state index in [0.717, 1.165) is 12.1 Å². The van der Waals surface area contributed by atoms with Crippen molar-refractivity contribution in [1.29, 1.82) is 0 Å². The SMILES string of the molecule is Cc1ccc(N)cc1C(=O)Nc1ccc(F)c(S(=O)(=O)NC(C)(C)C)c1.Cl. The van der Waals surface area contributed by atoms with Gasteiger partial charge in [-0.25, -0.2) is 17.5 Å². The number of benzene rings is 2. The molecule has 0 bridgehead atoms. The smallest absolute Gasteiger partial charge is 0.256 e. The molecule has 0 aliphatic rings. The zero-order valence-electron chi connectivity index (χ0n) is 15.5. The zero-order chi connectivity index (χ0) is 19.7. The molecule has 4 N–H and O–H groups in total. The standard InChI is InChI=1S/C18H22FN3O3S.ClH/c1-11-5-6-12(20)9-14(11)17(23)21-13-7-8-15(19)16(10-13)26(24,25)22-18(2,3)4;/h5-10,22H,20H2,1-4H3,(H,21,23);1H. The molecule has 0 radical (unpaired) electrons. The van der Waals surface area contributed by atoms with E-state index in [1.165, 1.54) is 12.1 Å². The number of nitrogens with two attached hydrogens (primary N) is 1. The number of carbonyl (C=O) groups is 1. The fraction of sp³-hybridized carbons (Fsp3) is 0.278. The molecule has 0 unspecified atom stereocenters. The minimum absolute atomic E-state index is 0. The van der Waals surface area contributed by atoms with Crippen LogP contribution in [0.5, 0.6) is 0 Å². The van der Waals surface area contributed by atoms with Crippen molar-refractivity contribution >= 4 is 39.7 Å². The summed E-state index contributed by atoms with van der Waals surface area (Å²) in [5.74, 6) is -1.37. The average Bonchev–Trinajstić information content (AvgIpc) is 2.49. The first kappa shape index (κ1) is 22.9. The average molecular weight is 416 g/mol. The Morgan fingerprint density at radius 3 is 2.33 bits per heavy atom.